The Balaban J connectivity index is 0.987. The monoisotopic (exact) mass is 858 g/mol. The first kappa shape index (κ1) is 43.8. The molecule has 4 amide bonds. The molecule has 6 heterocycles. The molecular formula is C48H62N10O5. The van der Waals surface area contributed by atoms with Gasteiger partial charge in [-0.15, -0.1) is 0 Å². The Bertz CT molecular complexity index is 2400. The van der Waals surface area contributed by atoms with Crippen molar-refractivity contribution in [2.45, 2.75) is 95.9 Å². The van der Waals surface area contributed by atoms with Crippen LogP contribution in [0.1, 0.15) is 80.9 Å². The minimum Gasteiger partial charge on any atom is -0.378 e. The van der Waals surface area contributed by atoms with Gasteiger partial charge in [0.1, 0.15) is 18.3 Å². The summed E-state index contributed by atoms with van der Waals surface area (Å²) in [5, 5.41) is 26.2. The fourth-order valence-corrected chi connectivity index (χ4v) is 9.82. The lowest BCUT2D eigenvalue weighted by Crippen LogP contribution is -2.59. The van der Waals surface area contributed by atoms with E-state index in [-0.39, 0.29) is 35.8 Å². The lowest BCUT2D eigenvalue weighted by Gasteiger charge is -2.39. The van der Waals surface area contributed by atoms with E-state index in [9.17, 15) is 24.3 Å². The number of likely N-dealkylation sites (tertiary alicyclic amines) is 2. The number of piperidine rings is 2. The van der Waals surface area contributed by atoms with Crippen molar-refractivity contribution in [1.82, 2.24) is 45.5 Å². The van der Waals surface area contributed by atoms with Crippen LogP contribution in [0.15, 0.2) is 78.0 Å². The number of hydrogen-bond acceptors (Lipinski definition) is 9. The zero-order chi connectivity index (χ0) is 43.9. The number of piperazine rings is 1. The number of fused-ring (bicyclic) bond motifs is 2. The van der Waals surface area contributed by atoms with E-state index in [0.717, 1.165) is 89.4 Å². The average Bonchev–Trinajstić information content (AvgIpc) is 3.80. The van der Waals surface area contributed by atoms with E-state index in [1.165, 1.54) is 0 Å². The Morgan fingerprint density at radius 2 is 1.60 bits per heavy atom. The molecule has 3 aliphatic rings. The molecule has 8 rings (SSSR count). The summed E-state index contributed by atoms with van der Waals surface area (Å²) >= 11 is 0. The molecule has 3 fully saturated rings. The lowest BCUT2D eigenvalue weighted by molar-refractivity contribution is -0.137. The van der Waals surface area contributed by atoms with Crippen molar-refractivity contribution in [3.8, 4) is 0 Å². The SMILES string of the molecule is CCCCC(O)N1CCC(C[C@H](NC(=O)[C@@H](Cc2cc(C)c3[nH]ncc3c2)NC(=O)N2CCC(c3cc4ccccc4[nH]c3=O)CC2)C(=O)N2CCN(c3ccncc3)CC2)CC1. The van der Waals surface area contributed by atoms with Crippen LogP contribution < -0.4 is 21.1 Å². The van der Waals surface area contributed by atoms with Gasteiger partial charge in [0.15, 0.2) is 0 Å². The van der Waals surface area contributed by atoms with Crippen LogP contribution in [0.2, 0.25) is 0 Å². The number of para-hydroxylation sites is 1. The van der Waals surface area contributed by atoms with Crippen LogP contribution in [-0.4, -0.2) is 128 Å². The topological polar surface area (TPSA) is 183 Å². The van der Waals surface area contributed by atoms with Crippen LogP contribution in [0.3, 0.4) is 0 Å². The second-order valence-corrected chi connectivity index (χ2v) is 17.8. The van der Waals surface area contributed by atoms with Crippen LogP contribution in [0.5, 0.6) is 0 Å². The number of aliphatic hydroxyl groups excluding tert-OH is 1. The molecule has 3 aromatic heterocycles. The van der Waals surface area contributed by atoms with Gasteiger partial charge in [-0.05, 0) is 111 Å². The van der Waals surface area contributed by atoms with Crippen LogP contribution in [0, 0.1) is 12.8 Å². The molecular weight excluding hydrogens is 797 g/mol. The summed E-state index contributed by atoms with van der Waals surface area (Å²) in [5.74, 6) is -0.361. The van der Waals surface area contributed by atoms with E-state index in [1.807, 2.05) is 66.4 Å². The number of pyridine rings is 2. The van der Waals surface area contributed by atoms with Gasteiger partial charge >= 0.3 is 6.03 Å². The number of aliphatic hydroxyl groups is 1. The Labute approximate surface area is 368 Å². The highest BCUT2D eigenvalue weighted by atomic mass is 16.3. The third-order valence-corrected chi connectivity index (χ3v) is 13.6. The summed E-state index contributed by atoms with van der Waals surface area (Å²) < 4.78 is 0. The number of anilines is 1. The number of aryl methyl sites for hydroxylation is 1. The molecule has 0 spiro atoms. The van der Waals surface area contributed by atoms with E-state index in [2.05, 4.69) is 47.5 Å². The van der Waals surface area contributed by atoms with Gasteiger partial charge in [0.2, 0.25) is 11.8 Å². The van der Waals surface area contributed by atoms with Crippen molar-refractivity contribution in [3.05, 3.63) is 100 Å². The van der Waals surface area contributed by atoms with E-state index >= 15 is 0 Å². The maximum Gasteiger partial charge on any atom is 0.318 e. The number of unbranched alkanes of at least 4 members (excludes halogenated alkanes) is 1. The van der Waals surface area contributed by atoms with Crippen LogP contribution in [0.4, 0.5) is 10.5 Å². The summed E-state index contributed by atoms with van der Waals surface area (Å²) in [7, 11) is 0. The minimum atomic E-state index is -0.975. The number of H-pyrrole nitrogens is 2. The third kappa shape index (κ3) is 10.5. The molecule has 63 heavy (non-hydrogen) atoms. The summed E-state index contributed by atoms with van der Waals surface area (Å²) in [4.78, 5) is 71.7. The summed E-state index contributed by atoms with van der Waals surface area (Å²) in [6.45, 7) is 8.77. The molecule has 0 bridgehead atoms. The highest BCUT2D eigenvalue weighted by Crippen LogP contribution is 2.29. The predicted octanol–water partition coefficient (Wildman–Crippen LogP) is 5.05. The van der Waals surface area contributed by atoms with Gasteiger partial charge in [-0.2, -0.15) is 5.10 Å². The second kappa shape index (κ2) is 20.1. The fraction of sp³-hybridized carbons (Fsp3) is 0.500. The zero-order valence-electron chi connectivity index (χ0n) is 36.6. The van der Waals surface area contributed by atoms with E-state index in [1.54, 1.807) is 23.5 Å². The van der Waals surface area contributed by atoms with Gasteiger partial charge in [0.25, 0.3) is 5.56 Å². The molecule has 0 radical (unpaired) electrons. The highest BCUT2D eigenvalue weighted by molar-refractivity contribution is 5.92. The van der Waals surface area contributed by atoms with Crippen molar-refractivity contribution in [1.29, 1.82) is 0 Å². The van der Waals surface area contributed by atoms with Crippen molar-refractivity contribution in [2.75, 3.05) is 57.3 Å². The molecule has 334 valence electrons. The highest BCUT2D eigenvalue weighted by Gasteiger charge is 2.36. The van der Waals surface area contributed by atoms with Gasteiger partial charge in [-0.3, -0.25) is 29.4 Å². The number of benzene rings is 2. The number of aromatic nitrogens is 4. The van der Waals surface area contributed by atoms with Crippen LogP contribution in [0.25, 0.3) is 21.8 Å². The summed E-state index contributed by atoms with van der Waals surface area (Å²) in [5.41, 5.74) is 5.22. The molecule has 15 nitrogen and oxygen atoms in total. The van der Waals surface area contributed by atoms with Crippen LogP contribution >= 0.6 is 0 Å². The normalized spacial score (nSPS) is 18.4. The maximum absolute atomic E-state index is 14.7. The summed E-state index contributed by atoms with van der Waals surface area (Å²) in [6, 6.07) is 15.5. The second-order valence-electron chi connectivity index (χ2n) is 17.8. The molecule has 3 aliphatic heterocycles. The van der Waals surface area contributed by atoms with Gasteiger partial charge in [0, 0.05) is 93.3 Å². The van der Waals surface area contributed by atoms with Crippen molar-refractivity contribution >= 4 is 45.3 Å². The molecule has 2 aromatic carbocycles. The van der Waals surface area contributed by atoms with Crippen molar-refractivity contribution in [2.24, 2.45) is 5.92 Å². The van der Waals surface area contributed by atoms with Crippen LogP contribution in [-0.2, 0) is 16.0 Å². The quantitative estimate of drug-likeness (QED) is 0.102. The Hall–Kier alpha value is -5.80. The number of aromatic amines is 2. The summed E-state index contributed by atoms with van der Waals surface area (Å²) in [6.07, 6.45) is 11.1. The minimum absolute atomic E-state index is 0.00373. The number of urea groups is 1. The zero-order valence-corrected chi connectivity index (χ0v) is 36.6. The molecule has 5 N–H and O–H groups in total. The molecule has 1 unspecified atom stereocenters. The molecule has 5 aromatic rings. The van der Waals surface area contributed by atoms with E-state index in [0.29, 0.717) is 58.5 Å². The molecule has 0 saturated carbocycles. The number of carbonyl (C=O) groups is 3. The number of carbonyl (C=O) groups excluding carboxylic acids is 3. The van der Waals surface area contributed by atoms with Gasteiger partial charge in [-0.1, -0.05) is 37.6 Å². The largest absolute Gasteiger partial charge is 0.378 e. The Morgan fingerprint density at radius 3 is 2.35 bits per heavy atom. The Morgan fingerprint density at radius 1 is 0.857 bits per heavy atom. The van der Waals surface area contributed by atoms with Gasteiger partial charge in [-0.25, -0.2) is 4.79 Å². The number of nitrogens with one attached hydrogen (secondary N) is 4. The number of amides is 4. The van der Waals surface area contributed by atoms with Gasteiger partial charge in [0.05, 0.1) is 11.7 Å². The number of rotatable bonds is 14. The number of hydrogen-bond donors (Lipinski definition) is 5. The lowest BCUT2D eigenvalue weighted by atomic mass is 9.89. The molecule has 3 atom stereocenters. The number of nitrogens with zero attached hydrogens (tertiary/aromatic N) is 6. The first-order valence-corrected chi connectivity index (χ1v) is 22.9. The smallest absolute Gasteiger partial charge is 0.318 e. The van der Waals surface area contributed by atoms with Gasteiger partial charge < -0.3 is 35.4 Å². The molecule has 3 saturated heterocycles. The maximum atomic E-state index is 14.7. The standard InChI is InChI=1S/C48H62N10O5/c1-3-4-9-43(59)56-18-12-33(13-19-56)28-42(47(62)57-24-22-55(23-25-57)38-10-16-49-17-11-38)52-46(61)41(29-34-26-32(2)44-37(27-34)31-50-54-44)53-48(63)58-20-14-35(15-21-58)39-30-36-7-5-6-8-40(36)51-45(39)60/h5-8,10-11,16-17,26-27,30-31,33,35,41-43,59H,3-4,9,12-15,18-25,28-29H2,1-2H3,(H,50,54)(H,51,60)(H,52,61)(H,53,63)/t41-,42+,43?/m1/s1. The van der Waals surface area contributed by atoms with E-state index < -0.39 is 24.2 Å². The Kier molecular flexibility index (Phi) is 14.0. The van der Waals surface area contributed by atoms with E-state index in [4.69, 9.17) is 0 Å². The fourth-order valence-electron chi connectivity index (χ4n) is 9.82. The third-order valence-electron chi connectivity index (χ3n) is 13.6. The average molecular weight is 859 g/mol. The first-order chi connectivity index (χ1) is 30.6. The predicted molar refractivity (Wildman–Crippen MR) is 244 cm³/mol. The molecule has 15 heteroatoms. The van der Waals surface area contributed by atoms with Crippen molar-refractivity contribution in [3.63, 3.8) is 0 Å². The first-order valence-electron chi connectivity index (χ1n) is 22.9. The van der Waals surface area contributed by atoms with Crippen molar-refractivity contribution < 1.29 is 19.5 Å². The molecule has 0 aliphatic carbocycles.